The van der Waals surface area contributed by atoms with Crippen molar-refractivity contribution in [3.8, 4) is 0 Å². The van der Waals surface area contributed by atoms with Crippen LogP contribution in [0.2, 0.25) is 0 Å². The number of carboxylic acids is 1. The van der Waals surface area contributed by atoms with Crippen LogP contribution in [-0.2, 0) is 16.0 Å². The van der Waals surface area contributed by atoms with E-state index in [2.05, 4.69) is 4.98 Å². The summed E-state index contributed by atoms with van der Waals surface area (Å²) < 4.78 is 0. The second-order valence-electron chi connectivity index (χ2n) is 4.29. The summed E-state index contributed by atoms with van der Waals surface area (Å²) in [7, 11) is 0. The first-order valence-electron chi connectivity index (χ1n) is 5.80. The molecule has 2 heterocycles. The first-order chi connectivity index (χ1) is 8.58. The van der Waals surface area contributed by atoms with E-state index in [1.165, 1.54) is 16.2 Å². The minimum Gasteiger partial charge on any atom is -0.480 e. The number of hydrogen-bond acceptors (Lipinski definition) is 5. The van der Waals surface area contributed by atoms with Crippen molar-refractivity contribution in [3.05, 3.63) is 11.1 Å². The number of likely N-dealkylation sites (tertiary alicyclic amines) is 1. The molecular weight excluding hydrogens is 254 g/mol. The minimum absolute atomic E-state index is 0.123. The summed E-state index contributed by atoms with van der Waals surface area (Å²) in [6, 6.07) is -0.692. The molecule has 1 atom stereocenters. The van der Waals surface area contributed by atoms with E-state index in [-0.39, 0.29) is 12.3 Å². The highest BCUT2D eigenvalue weighted by Gasteiger charge is 2.31. The van der Waals surface area contributed by atoms with Gasteiger partial charge in [-0.3, -0.25) is 4.79 Å². The van der Waals surface area contributed by atoms with Gasteiger partial charge in [0.25, 0.3) is 0 Å². The number of nitrogens with two attached hydrogens (primary N) is 1. The Morgan fingerprint density at radius 2 is 2.33 bits per heavy atom. The smallest absolute Gasteiger partial charge is 0.326 e. The second kappa shape index (κ2) is 5.34. The second-order valence-corrected chi connectivity index (χ2v) is 5.18. The van der Waals surface area contributed by atoms with Gasteiger partial charge < -0.3 is 15.7 Å². The van der Waals surface area contributed by atoms with Gasteiger partial charge in [0, 0.05) is 11.9 Å². The molecule has 0 unspecified atom stereocenters. The SMILES string of the molecule is Nc1nc(CC(=O)N2CCCC[C@H]2C(=O)O)cs1. The number of nitrogen functional groups attached to an aromatic ring is 1. The molecule has 98 valence electrons. The summed E-state index contributed by atoms with van der Waals surface area (Å²) in [6.45, 7) is 0.509. The van der Waals surface area contributed by atoms with Gasteiger partial charge in [-0.25, -0.2) is 9.78 Å². The lowest BCUT2D eigenvalue weighted by Gasteiger charge is -2.32. The molecule has 1 saturated heterocycles. The fourth-order valence-corrected chi connectivity index (χ4v) is 2.71. The standard InChI is InChI=1S/C11H15N3O3S/c12-11-13-7(6-18-11)5-9(15)14-4-2-1-3-8(14)10(16)17/h6,8H,1-5H2,(H2,12,13)(H,16,17)/t8-/m0/s1. The molecule has 2 rings (SSSR count). The predicted octanol–water partition coefficient (Wildman–Crippen LogP) is 0.733. The molecule has 0 aliphatic carbocycles. The quantitative estimate of drug-likeness (QED) is 0.843. The molecule has 18 heavy (non-hydrogen) atoms. The molecule has 1 aliphatic rings. The molecule has 0 bridgehead atoms. The third-order valence-electron chi connectivity index (χ3n) is 3.01. The zero-order valence-electron chi connectivity index (χ0n) is 9.83. The maximum atomic E-state index is 12.1. The summed E-state index contributed by atoms with van der Waals surface area (Å²) in [6.07, 6.45) is 2.36. The van der Waals surface area contributed by atoms with Crippen molar-refractivity contribution in [1.29, 1.82) is 0 Å². The maximum Gasteiger partial charge on any atom is 0.326 e. The maximum absolute atomic E-state index is 12.1. The predicted molar refractivity (Wildman–Crippen MR) is 67.2 cm³/mol. The normalized spacial score (nSPS) is 19.8. The van der Waals surface area contributed by atoms with Crippen LogP contribution in [0.4, 0.5) is 5.13 Å². The average molecular weight is 269 g/mol. The number of aliphatic carboxylic acids is 1. The van der Waals surface area contributed by atoms with E-state index in [9.17, 15) is 9.59 Å². The zero-order valence-corrected chi connectivity index (χ0v) is 10.7. The van der Waals surface area contributed by atoms with Crippen LogP contribution in [0.25, 0.3) is 0 Å². The highest BCUT2D eigenvalue weighted by molar-refractivity contribution is 7.13. The molecule has 1 aliphatic heterocycles. The number of amides is 1. The highest BCUT2D eigenvalue weighted by Crippen LogP contribution is 2.19. The molecule has 1 fully saturated rings. The Balaban J connectivity index is 2.04. The van der Waals surface area contributed by atoms with E-state index >= 15 is 0 Å². The molecule has 1 amide bonds. The number of anilines is 1. The number of thiazole rings is 1. The molecule has 6 nitrogen and oxygen atoms in total. The summed E-state index contributed by atoms with van der Waals surface area (Å²) in [4.78, 5) is 28.6. The number of piperidine rings is 1. The largest absolute Gasteiger partial charge is 0.480 e. The summed E-state index contributed by atoms with van der Waals surface area (Å²) >= 11 is 1.28. The van der Waals surface area contributed by atoms with Crippen molar-refractivity contribution in [1.82, 2.24) is 9.88 Å². The van der Waals surface area contributed by atoms with Crippen LogP contribution in [0.3, 0.4) is 0 Å². The Hall–Kier alpha value is -1.63. The van der Waals surface area contributed by atoms with E-state index in [1.807, 2.05) is 0 Å². The number of rotatable bonds is 3. The molecule has 3 N–H and O–H groups in total. The van der Waals surface area contributed by atoms with E-state index in [0.717, 1.165) is 12.8 Å². The van der Waals surface area contributed by atoms with Crippen molar-refractivity contribution in [3.63, 3.8) is 0 Å². The third-order valence-corrected chi connectivity index (χ3v) is 3.73. The molecular formula is C11H15N3O3S. The molecule has 0 spiro atoms. The first kappa shape index (κ1) is 12.8. The fraction of sp³-hybridized carbons (Fsp3) is 0.545. The van der Waals surface area contributed by atoms with Crippen LogP contribution in [0.1, 0.15) is 25.0 Å². The van der Waals surface area contributed by atoms with Gasteiger partial charge >= 0.3 is 5.97 Å². The summed E-state index contributed by atoms with van der Waals surface area (Å²) in [5.74, 6) is -1.12. The van der Waals surface area contributed by atoms with Gasteiger partial charge in [-0.2, -0.15) is 0 Å². The van der Waals surface area contributed by atoms with Crippen LogP contribution >= 0.6 is 11.3 Å². The number of carbonyl (C=O) groups excluding carboxylic acids is 1. The van der Waals surface area contributed by atoms with Gasteiger partial charge in [0.2, 0.25) is 5.91 Å². The third kappa shape index (κ3) is 2.79. The lowest BCUT2D eigenvalue weighted by molar-refractivity contribution is -0.151. The fourth-order valence-electron chi connectivity index (χ4n) is 2.15. The van der Waals surface area contributed by atoms with Crippen molar-refractivity contribution >= 4 is 28.3 Å². The lowest BCUT2D eigenvalue weighted by Crippen LogP contribution is -2.48. The Kier molecular flexibility index (Phi) is 3.81. The topological polar surface area (TPSA) is 96.5 Å². The van der Waals surface area contributed by atoms with Crippen molar-refractivity contribution in [2.75, 3.05) is 12.3 Å². The number of carboxylic acid groups (broad SMARTS) is 1. The number of carbonyl (C=O) groups is 2. The van der Waals surface area contributed by atoms with Crippen molar-refractivity contribution < 1.29 is 14.7 Å². The van der Waals surface area contributed by atoms with Crippen LogP contribution < -0.4 is 5.73 Å². The molecule has 0 aromatic carbocycles. The molecule has 0 saturated carbocycles. The number of aromatic nitrogens is 1. The Morgan fingerprint density at radius 3 is 2.94 bits per heavy atom. The minimum atomic E-state index is -0.930. The van der Waals surface area contributed by atoms with Gasteiger partial charge in [0.05, 0.1) is 12.1 Å². The molecule has 0 radical (unpaired) electrons. The lowest BCUT2D eigenvalue weighted by atomic mass is 10.0. The molecule has 7 heteroatoms. The van der Waals surface area contributed by atoms with E-state index in [4.69, 9.17) is 10.8 Å². The van der Waals surface area contributed by atoms with Crippen molar-refractivity contribution in [2.24, 2.45) is 0 Å². The Labute approximate surface area is 108 Å². The number of hydrogen-bond donors (Lipinski definition) is 2. The summed E-state index contributed by atoms with van der Waals surface area (Å²) in [5.41, 5.74) is 6.11. The summed E-state index contributed by atoms with van der Waals surface area (Å²) in [5, 5.41) is 11.3. The Bertz CT molecular complexity index is 460. The number of nitrogens with zero attached hydrogens (tertiary/aromatic N) is 2. The zero-order chi connectivity index (χ0) is 13.1. The average Bonchev–Trinajstić information content (AvgIpc) is 2.74. The van der Waals surface area contributed by atoms with Crippen LogP contribution in [-0.4, -0.2) is 39.5 Å². The van der Waals surface area contributed by atoms with Crippen LogP contribution in [0.5, 0.6) is 0 Å². The monoisotopic (exact) mass is 269 g/mol. The van der Waals surface area contributed by atoms with Crippen LogP contribution in [0, 0.1) is 0 Å². The van der Waals surface area contributed by atoms with Gasteiger partial charge in [-0.15, -0.1) is 11.3 Å². The van der Waals surface area contributed by atoms with E-state index < -0.39 is 12.0 Å². The molecule has 1 aromatic rings. The van der Waals surface area contributed by atoms with Gasteiger partial charge in [-0.1, -0.05) is 0 Å². The Morgan fingerprint density at radius 1 is 1.56 bits per heavy atom. The van der Waals surface area contributed by atoms with Gasteiger partial charge in [0.15, 0.2) is 5.13 Å². The van der Waals surface area contributed by atoms with E-state index in [0.29, 0.717) is 23.8 Å². The molecule has 1 aromatic heterocycles. The highest BCUT2D eigenvalue weighted by atomic mass is 32.1. The van der Waals surface area contributed by atoms with Gasteiger partial charge in [-0.05, 0) is 19.3 Å². The first-order valence-corrected chi connectivity index (χ1v) is 6.68. The van der Waals surface area contributed by atoms with Crippen molar-refractivity contribution in [2.45, 2.75) is 31.7 Å². The van der Waals surface area contributed by atoms with Crippen LogP contribution in [0.15, 0.2) is 5.38 Å². The van der Waals surface area contributed by atoms with E-state index in [1.54, 1.807) is 5.38 Å². The van der Waals surface area contributed by atoms with Gasteiger partial charge in [0.1, 0.15) is 6.04 Å².